The van der Waals surface area contributed by atoms with Crippen molar-refractivity contribution in [3.63, 3.8) is 0 Å². The SMILES string of the molecule is CNC(Cc1ccccc1OC)C1(C)CCCCO1. The van der Waals surface area contributed by atoms with Gasteiger partial charge in [0.25, 0.3) is 0 Å². The molecule has 1 aliphatic rings. The smallest absolute Gasteiger partial charge is 0.122 e. The van der Waals surface area contributed by atoms with Crippen LogP contribution in [-0.2, 0) is 11.2 Å². The second kappa shape index (κ2) is 6.40. The topological polar surface area (TPSA) is 30.5 Å². The standard InChI is InChI=1S/C16H25NO2/c1-16(10-6-7-11-19-16)15(17-2)12-13-8-4-5-9-14(13)18-3/h4-5,8-9,15,17H,6-7,10-12H2,1-3H3. The van der Waals surface area contributed by atoms with Gasteiger partial charge in [-0.3, -0.25) is 0 Å². The average molecular weight is 263 g/mol. The van der Waals surface area contributed by atoms with Crippen molar-refractivity contribution in [1.29, 1.82) is 0 Å². The highest BCUT2D eigenvalue weighted by Crippen LogP contribution is 2.31. The number of methoxy groups -OCH3 is 1. The van der Waals surface area contributed by atoms with Crippen molar-refractivity contribution in [2.24, 2.45) is 0 Å². The Labute approximate surface area is 116 Å². The molecule has 1 fully saturated rings. The molecule has 1 saturated heterocycles. The third-order valence-electron chi connectivity index (χ3n) is 4.20. The zero-order valence-corrected chi connectivity index (χ0v) is 12.2. The average Bonchev–Trinajstić information content (AvgIpc) is 2.45. The van der Waals surface area contributed by atoms with E-state index in [2.05, 4.69) is 24.4 Å². The molecular weight excluding hydrogens is 238 g/mol. The molecule has 0 spiro atoms. The summed E-state index contributed by atoms with van der Waals surface area (Å²) < 4.78 is 11.5. The summed E-state index contributed by atoms with van der Waals surface area (Å²) in [6.45, 7) is 3.10. The van der Waals surface area contributed by atoms with Crippen molar-refractivity contribution in [3.05, 3.63) is 29.8 Å². The third kappa shape index (κ3) is 3.28. The van der Waals surface area contributed by atoms with E-state index in [1.807, 2.05) is 19.2 Å². The summed E-state index contributed by atoms with van der Waals surface area (Å²) in [5.41, 5.74) is 1.16. The zero-order chi connectivity index (χ0) is 13.7. The van der Waals surface area contributed by atoms with Crippen LogP contribution in [0.1, 0.15) is 31.7 Å². The van der Waals surface area contributed by atoms with Gasteiger partial charge in [-0.2, -0.15) is 0 Å². The Morgan fingerprint density at radius 1 is 1.37 bits per heavy atom. The third-order valence-corrected chi connectivity index (χ3v) is 4.20. The number of ether oxygens (including phenoxy) is 2. The number of likely N-dealkylation sites (N-methyl/N-ethyl adjacent to an activating group) is 1. The Morgan fingerprint density at radius 2 is 2.16 bits per heavy atom. The number of para-hydroxylation sites is 1. The van der Waals surface area contributed by atoms with Crippen molar-refractivity contribution in [2.45, 2.75) is 44.2 Å². The van der Waals surface area contributed by atoms with Crippen LogP contribution < -0.4 is 10.1 Å². The van der Waals surface area contributed by atoms with Crippen molar-refractivity contribution >= 4 is 0 Å². The van der Waals surface area contributed by atoms with Gasteiger partial charge in [0.1, 0.15) is 5.75 Å². The number of hydrogen-bond donors (Lipinski definition) is 1. The number of benzene rings is 1. The van der Waals surface area contributed by atoms with Crippen LogP contribution in [0.25, 0.3) is 0 Å². The molecule has 0 saturated carbocycles. The Hall–Kier alpha value is -1.06. The van der Waals surface area contributed by atoms with Gasteiger partial charge in [-0.25, -0.2) is 0 Å². The summed E-state index contributed by atoms with van der Waals surface area (Å²) in [5, 5.41) is 3.43. The molecule has 1 N–H and O–H groups in total. The largest absolute Gasteiger partial charge is 0.496 e. The number of nitrogens with one attached hydrogen (secondary N) is 1. The number of rotatable bonds is 5. The van der Waals surface area contributed by atoms with Crippen LogP contribution in [0.4, 0.5) is 0 Å². The van der Waals surface area contributed by atoms with E-state index >= 15 is 0 Å². The monoisotopic (exact) mass is 263 g/mol. The molecule has 2 atom stereocenters. The molecule has 106 valence electrons. The second-order valence-corrected chi connectivity index (χ2v) is 5.48. The van der Waals surface area contributed by atoms with Crippen molar-refractivity contribution < 1.29 is 9.47 Å². The second-order valence-electron chi connectivity index (χ2n) is 5.48. The van der Waals surface area contributed by atoms with Gasteiger partial charge in [-0.05, 0) is 51.3 Å². The first-order valence-electron chi connectivity index (χ1n) is 7.13. The zero-order valence-electron chi connectivity index (χ0n) is 12.2. The minimum atomic E-state index is -0.0755. The summed E-state index contributed by atoms with van der Waals surface area (Å²) in [4.78, 5) is 0. The van der Waals surface area contributed by atoms with E-state index in [0.29, 0.717) is 6.04 Å². The van der Waals surface area contributed by atoms with Crippen LogP contribution in [0, 0.1) is 0 Å². The number of hydrogen-bond acceptors (Lipinski definition) is 3. The van der Waals surface area contributed by atoms with E-state index in [9.17, 15) is 0 Å². The van der Waals surface area contributed by atoms with Gasteiger partial charge < -0.3 is 14.8 Å². The van der Waals surface area contributed by atoms with Crippen LogP contribution in [0.3, 0.4) is 0 Å². The van der Waals surface area contributed by atoms with Gasteiger partial charge in [0.2, 0.25) is 0 Å². The molecule has 2 rings (SSSR count). The van der Waals surface area contributed by atoms with Crippen LogP contribution in [0.5, 0.6) is 5.75 Å². The molecule has 0 aliphatic carbocycles. The summed E-state index contributed by atoms with van der Waals surface area (Å²) in [6.07, 6.45) is 4.48. The fraction of sp³-hybridized carbons (Fsp3) is 0.625. The summed E-state index contributed by atoms with van der Waals surface area (Å²) in [7, 11) is 3.75. The molecule has 1 aromatic carbocycles. The van der Waals surface area contributed by atoms with E-state index in [4.69, 9.17) is 9.47 Å². The predicted octanol–water partition coefficient (Wildman–Crippen LogP) is 2.78. The molecule has 0 aromatic heterocycles. The summed E-state index contributed by atoms with van der Waals surface area (Å²) >= 11 is 0. The van der Waals surface area contributed by atoms with E-state index in [1.54, 1.807) is 7.11 Å². The first-order chi connectivity index (χ1) is 9.19. The van der Waals surface area contributed by atoms with Gasteiger partial charge in [0.05, 0.1) is 12.7 Å². The maximum absolute atomic E-state index is 6.06. The highest BCUT2D eigenvalue weighted by molar-refractivity contribution is 5.34. The van der Waals surface area contributed by atoms with Gasteiger partial charge in [-0.1, -0.05) is 18.2 Å². The lowest BCUT2D eigenvalue weighted by molar-refractivity contribution is -0.0871. The lowest BCUT2D eigenvalue weighted by atomic mass is 9.84. The Bertz CT molecular complexity index is 399. The molecular formula is C16H25NO2. The molecule has 1 aliphatic heterocycles. The lowest BCUT2D eigenvalue weighted by Gasteiger charge is -2.40. The van der Waals surface area contributed by atoms with E-state index in [1.165, 1.54) is 18.4 Å². The van der Waals surface area contributed by atoms with Gasteiger partial charge in [0, 0.05) is 12.6 Å². The first-order valence-corrected chi connectivity index (χ1v) is 7.13. The summed E-state index contributed by atoms with van der Waals surface area (Å²) in [6, 6.07) is 8.54. The molecule has 0 amide bonds. The molecule has 3 heteroatoms. The fourth-order valence-corrected chi connectivity index (χ4v) is 2.95. The van der Waals surface area contributed by atoms with Gasteiger partial charge in [0.15, 0.2) is 0 Å². The van der Waals surface area contributed by atoms with Crippen molar-refractivity contribution in [3.8, 4) is 5.75 Å². The maximum atomic E-state index is 6.06. The Balaban J connectivity index is 2.14. The fourth-order valence-electron chi connectivity index (χ4n) is 2.95. The van der Waals surface area contributed by atoms with Gasteiger partial charge in [-0.15, -0.1) is 0 Å². The highest BCUT2D eigenvalue weighted by Gasteiger charge is 2.36. The van der Waals surface area contributed by atoms with E-state index in [0.717, 1.165) is 25.2 Å². The molecule has 1 heterocycles. The van der Waals surface area contributed by atoms with Crippen molar-refractivity contribution in [1.82, 2.24) is 5.32 Å². The Morgan fingerprint density at radius 3 is 2.79 bits per heavy atom. The maximum Gasteiger partial charge on any atom is 0.122 e. The van der Waals surface area contributed by atoms with E-state index < -0.39 is 0 Å². The minimum absolute atomic E-state index is 0.0755. The van der Waals surface area contributed by atoms with Crippen LogP contribution in [0.2, 0.25) is 0 Å². The molecule has 3 nitrogen and oxygen atoms in total. The minimum Gasteiger partial charge on any atom is -0.496 e. The molecule has 2 unspecified atom stereocenters. The molecule has 0 bridgehead atoms. The molecule has 0 radical (unpaired) electrons. The molecule has 19 heavy (non-hydrogen) atoms. The van der Waals surface area contributed by atoms with E-state index in [-0.39, 0.29) is 5.60 Å². The lowest BCUT2D eigenvalue weighted by Crippen LogP contribution is -2.52. The van der Waals surface area contributed by atoms with Crippen LogP contribution in [-0.4, -0.2) is 32.4 Å². The first kappa shape index (κ1) is 14.4. The quantitative estimate of drug-likeness (QED) is 0.886. The summed E-state index contributed by atoms with van der Waals surface area (Å²) in [5.74, 6) is 0.960. The molecule has 1 aromatic rings. The van der Waals surface area contributed by atoms with Gasteiger partial charge >= 0.3 is 0 Å². The normalized spacial score (nSPS) is 25.0. The van der Waals surface area contributed by atoms with Crippen LogP contribution >= 0.6 is 0 Å². The highest BCUT2D eigenvalue weighted by atomic mass is 16.5. The van der Waals surface area contributed by atoms with Crippen LogP contribution in [0.15, 0.2) is 24.3 Å². The van der Waals surface area contributed by atoms with Crippen molar-refractivity contribution in [2.75, 3.05) is 20.8 Å². The predicted molar refractivity (Wildman–Crippen MR) is 77.8 cm³/mol. The Kier molecular flexibility index (Phi) is 4.83.